The number of furan rings is 1. The molecule has 0 aliphatic carbocycles. The quantitative estimate of drug-likeness (QED) is 0.410. The fraction of sp³-hybridized carbons (Fsp3) is 0.130. The van der Waals surface area contributed by atoms with Gasteiger partial charge in [-0.3, -0.25) is 9.78 Å². The van der Waals surface area contributed by atoms with Crippen molar-refractivity contribution in [3.63, 3.8) is 0 Å². The van der Waals surface area contributed by atoms with Crippen molar-refractivity contribution in [1.82, 2.24) is 9.88 Å². The molecule has 5 heteroatoms. The van der Waals surface area contributed by atoms with Crippen LogP contribution in [0.3, 0.4) is 0 Å². The maximum atomic E-state index is 13.4. The molecule has 0 saturated carbocycles. The molecule has 4 rings (SSSR count). The van der Waals surface area contributed by atoms with Crippen LogP contribution in [0.4, 0.5) is 0 Å². The van der Waals surface area contributed by atoms with Gasteiger partial charge in [-0.1, -0.05) is 52.3 Å². The zero-order valence-electron chi connectivity index (χ0n) is 15.6. The predicted octanol–water partition coefficient (Wildman–Crippen LogP) is 5.76. The summed E-state index contributed by atoms with van der Waals surface area (Å²) in [6.45, 7) is 1.91. The van der Waals surface area contributed by atoms with E-state index < -0.39 is 0 Å². The lowest BCUT2D eigenvalue weighted by molar-refractivity contribution is 0.0722. The topological polar surface area (TPSA) is 46.3 Å². The molecule has 28 heavy (non-hydrogen) atoms. The number of carbonyl (C=O) groups is 1. The first-order valence-corrected chi connectivity index (χ1v) is 9.77. The number of fused-ring (bicyclic) bond motifs is 1. The SMILES string of the molecule is Cc1c(C(=O)N(C)C(c2ccccc2)c2ccccn2)oc2ccc(Br)cc12. The molecule has 1 atom stereocenters. The summed E-state index contributed by atoms with van der Waals surface area (Å²) >= 11 is 3.48. The Morgan fingerprint density at radius 2 is 1.82 bits per heavy atom. The van der Waals surface area contributed by atoms with Gasteiger partial charge >= 0.3 is 0 Å². The average molecular weight is 435 g/mol. The Morgan fingerprint density at radius 1 is 1.07 bits per heavy atom. The third-order valence-corrected chi connectivity index (χ3v) is 5.38. The molecule has 4 aromatic rings. The summed E-state index contributed by atoms with van der Waals surface area (Å²) < 4.78 is 6.88. The lowest BCUT2D eigenvalue weighted by atomic mass is 10.0. The molecule has 0 bridgehead atoms. The maximum Gasteiger partial charge on any atom is 0.290 e. The molecule has 0 aliphatic heterocycles. The average Bonchev–Trinajstić information content (AvgIpc) is 3.05. The number of hydrogen-bond donors (Lipinski definition) is 0. The van der Waals surface area contributed by atoms with Gasteiger partial charge < -0.3 is 9.32 Å². The number of halogens is 1. The summed E-state index contributed by atoms with van der Waals surface area (Å²) in [5, 5.41) is 0.931. The second-order valence-corrected chi connectivity index (χ2v) is 7.60. The van der Waals surface area contributed by atoms with Crippen LogP contribution in [0.1, 0.15) is 33.4 Å². The van der Waals surface area contributed by atoms with Crippen molar-refractivity contribution in [2.75, 3.05) is 7.05 Å². The van der Waals surface area contributed by atoms with E-state index in [4.69, 9.17) is 4.42 Å². The summed E-state index contributed by atoms with van der Waals surface area (Å²) in [5.74, 6) is 0.178. The van der Waals surface area contributed by atoms with Crippen LogP contribution in [-0.4, -0.2) is 22.8 Å². The summed E-state index contributed by atoms with van der Waals surface area (Å²) in [4.78, 5) is 19.6. The van der Waals surface area contributed by atoms with E-state index in [1.54, 1.807) is 18.1 Å². The van der Waals surface area contributed by atoms with Crippen molar-refractivity contribution in [1.29, 1.82) is 0 Å². The van der Waals surface area contributed by atoms with E-state index in [2.05, 4.69) is 20.9 Å². The number of pyridine rings is 1. The van der Waals surface area contributed by atoms with Crippen molar-refractivity contribution in [2.45, 2.75) is 13.0 Å². The molecule has 0 N–H and O–H groups in total. The van der Waals surface area contributed by atoms with Crippen molar-refractivity contribution in [3.05, 3.63) is 100.0 Å². The van der Waals surface area contributed by atoms with Gasteiger partial charge in [-0.25, -0.2) is 0 Å². The lowest BCUT2D eigenvalue weighted by Crippen LogP contribution is -2.32. The van der Waals surface area contributed by atoms with Crippen LogP contribution in [0.25, 0.3) is 11.0 Å². The van der Waals surface area contributed by atoms with Gasteiger partial charge in [0.25, 0.3) is 5.91 Å². The Hall–Kier alpha value is -2.92. The van der Waals surface area contributed by atoms with Crippen LogP contribution in [-0.2, 0) is 0 Å². The molecule has 1 amide bonds. The number of carbonyl (C=O) groups excluding carboxylic acids is 1. The molecule has 140 valence electrons. The van der Waals surface area contributed by atoms with Crippen molar-refractivity contribution < 1.29 is 9.21 Å². The van der Waals surface area contributed by atoms with E-state index in [9.17, 15) is 4.79 Å². The van der Waals surface area contributed by atoms with Crippen molar-refractivity contribution in [3.8, 4) is 0 Å². The maximum absolute atomic E-state index is 13.4. The van der Waals surface area contributed by atoms with Crippen LogP contribution in [0.5, 0.6) is 0 Å². The zero-order valence-corrected chi connectivity index (χ0v) is 17.2. The van der Waals surface area contributed by atoms with Gasteiger partial charge in [0.05, 0.1) is 11.7 Å². The van der Waals surface area contributed by atoms with Gasteiger partial charge in [-0.15, -0.1) is 0 Å². The highest BCUT2D eigenvalue weighted by atomic mass is 79.9. The molecule has 0 spiro atoms. The molecule has 2 aromatic heterocycles. The second-order valence-electron chi connectivity index (χ2n) is 6.68. The molecular weight excluding hydrogens is 416 g/mol. The molecule has 2 aromatic carbocycles. The standard InChI is InChI=1S/C23H19BrN2O2/c1-15-18-14-17(24)11-12-20(18)28-22(15)23(27)26(2)21(16-8-4-3-5-9-16)19-10-6-7-13-25-19/h3-14,21H,1-2H3. The van der Waals surface area contributed by atoms with E-state index in [0.717, 1.165) is 26.7 Å². The van der Waals surface area contributed by atoms with Crippen LogP contribution in [0.15, 0.2) is 81.8 Å². The highest BCUT2D eigenvalue weighted by Gasteiger charge is 2.29. The van der Waals surface area contributed by atoms with Gasteiger partial charge in [-0.05, 0) is 42.8 Å². The Balaban J connectivity index is 1.78. The Bertz CT molecular complexity index is 1080. The first-order chi connectivity index (χ1) is 13.6. The van der Waals surface area contributed by atoms with Gasteiger partial charge in [0.1, 0.15) is 5.58 Å². The van der Waals surface area contributed by atoms with Crippen molar-refractivity contribution in [2.24, 2.45) is 0 Å². The largest absolute Gasteiger partial charge is 0.451 e. The van der Waals surface area contributed by atoms with Crippen LogP contribution < -0.4 is 0 Å². The first kappa shape index (κ1) is 18.4. The Labute approximate surface area is 171 Å². The van der Waals surface area contributed by atoms with E-state index in [-0.39, 0.29) is 11.9 Å². The van der Waals surface area contributed by atoms with E-state index >= 15 is 0 Å². The molecule has 2 heterocycles. The van der Waals surface area contributed by atoms with E-state index in [1.807, 2.05) is 73.7 Å². The molecule has 0 saturated heterocycles. The zero-order chi connectivity index (χ0) is 19.7. The number of amides is 1. The molecule has 1 unspecified atom stereocenters. The first-order valence-electron chi connectivity index (χ1n) is 8.98. The molecule has 0 aliphatic rings. The minimum absolute atomic E-state index is 0.177. The minimum Gasteiger partial charge on any atom is -0.451 e. The minimum atomic E-state index is -0.311. The smallest absolute Gasteiger partial charge is 0.290 e. The predicted molar refractivity (Wildman–Crippen MR) is 113 cm³/mol. The number of hydrogen-bond acceptors (Lipinski definition) is 3. The van der Waals surface area contributed by atoms with Crippen LogP contribution >= 0.6 is 15.9 Å². The summed E-state index contributed by atoms with van der Waals surface area (Å²) in [6.07, 6.45) is 1.74. The molecule has 4 nitrogen and oxygen atoms in total. The van der Waals surface area contributed by atoms with Gasteiger partial charge in [-0.2, -0.15) is 0 Å². The van der Waals surface area contributed by atoms with Gasteiger partial charge in [0, 0.05) is 28.7 Å². The number of aromatic nitrogens is 1. The molecule has 0 fully saturated rings. The number of rotatable bonds is 4. The highest BCUT2D eigenvalue weighted by molar-refractivity contribution is 9.10. The monoisotopic (exact) mass is 434 g/mol. The lowest BCUT2D eigenvalue weighted by Gasteiger charge is -2.27. The third-order valence-electron chi connectivity index (χ3n) is 4.88. The summed E-state index contributed by atoms with van der Waals surface area (Å²) in [5.41, 5.74) is 3.34. The van der Waals surface area contributed by atoms with Crippen LogP contribution in [0.2, 0.25) is 0 Å². The highest BCUT2D eigenvalue weighted by Crippen LogP contribution is 2.32. The summed E-state index contributed by atoms with van der Waals surface area (Å²) in [7, 11) is 1.79. The third kappa shape index (κ3) is 3.34. The molecular formula is C23H19BrN2O2. The van der Waals surface area contributed by atoms with Crippen LogP contribution in [0, 0.1) is 6.92 Å². The number of benzene rings is 2. The fourth-order valence-corrected chi connectivity index (χ4v) is 3.80. The van der Waals surface area contributed by atoms with Gasteiger partial charge in [0.15, 0.2) is 5.76 Å². The van der Waals surface area contributed by atoms with Crippen molar-refractivity contribution >= 4 is 32.8 Å². The molecule has 0 radical (unpaired) electrons. The Morgan fingerprint density at radius 3 is 2.54 bits per heavy atom. The fourth-order valence-electron chi connectivity index (χ4n) is 3.44. The Kier molecular flexibility index (Phi) is 5.01. The van der Waals surface area contributed by atoms with Gasteiger partial charge in [0.2, 0.25) is 0 Å². The van der Waals surface area contributed by atoms with E-state index in [1.165, 1.54) is 0 Å². The number of nitrogens with zero attached hydrogens (tertiary/aromatic N) is 2. The van der Waals surface area contributed by atoms with E-state index in [0.29, 0.717) is 11.3 Å². The normalized spacial score (nSPS) is 12.1. The summed E-state index contributed by atoms with van der Waals surface area (Å²) in [6, 6.07) is 21.1. The second kappa shape index (κ2) is 7.60. The number of aryl methyl sites for hydroxylation is 1.